The second kappa shape index (κ2) is 9.18. The van der Waals surface area contributed by atoms with Crippen LogP contribution in [0.15, 0.2) is 48.8 Å². The number of rotatable bonds is 5. The Hall–Kier alpha value is -3.93. The Bertz CT molecular complexity index is 1460. The number of hydrogen-bond donors (Lipinski definition) is 1. The molecule has 4 aromatic rings. The van der Waals surface area contributed by atoms with E-state index in [9.17, 15) is 18.0 Å². The molecule has 0 bridgehead atoms. The van der Waals surface area contributed by atoms with Gasteiger partial charge in [0.1, 0.15) is 5.75 Å². The predicted molar refractivity (Wildman–Crippen MR) is 127 cm³/mol. The van der Waals surface area contributed by atoms with Crippen molar-refractivity contribution in [2.24, 2.45) is 0 Å². The maximum absolute atomic E-state index is 13.9. The van der Waals surface area contributed by atoms with Crippen LogP contribution < -0.4 is 4.74 Å². The summed E-state index contributed by atoms with van der Waals surface area (Å²) in [5, 5.41) is 15.7. The Balaban J connectivity index is 1.51. The fourth-order valence-electron chi connectivity index (χ4n) is 4.51. The Morgan fingerprint density at radius 1 is 1.19 bits per heavy atom. The summed E-state index contributed by atoms with van der Waals surface area (Å²) in [6.07, 6.45) is -0.612. The summed E-state index contributed by atoms with van der Waals surface area (Å²) in [6.45, 7) is 4.08. The van der Waals surface area contributed by atoms with Crippen LogP contribution in [0.1, 0.15) is 41.5 Å². The lowest BCUT2D eigenvalue weighted by Gasteiger charge is -2.33. The van der Waals surface area contributed by atoms with E-state index in [-0.39, 0.29) is 17.3 Å². The minimum absolute atomic E-state index is 0.0233. The van der Waals surface area contributed by atoms with Crippen molar-refractivity contribution in [3.63, 3.8) is 0 Å². The number of hydrogen-bond acceptors (Lipinski definition) is 6. The minimum atomic E-state index is -4.87. The molecule has 1 N–H and O–H groups in total. The largest absolute Gasteiger partial charge is 0.573 e. The highest BCUT2D eigenvalue weighted by atomic mass is 35.5. The van der Waals surface area contributed by atoms with Crippen molar-refractivity contribution in [3.8, 4) is 22.8 Å². The summed E-state index contributed by atoms with van der Waals surface area (Å²) >= 11 is 6.38. The van der Waals surface area contributed by atoms with E-state index in [0.29, 0.717) is 41.5 Å². The summed E-state index contributed by atoms with van der Waals surface area (Å²) in [5.74, 6) is -0.369. The van der Waals surface area contributed by atoms with Gasteiger partial charge in [-0.25, -0.2) is 4.98 Å². The van der Waals surface area contributed by atoms with E-state index in [0.717, 1.165) is 5.56 Å². The zero-order valence-electron chi connectivity index (χ0n) is 19.8. The van der Waals surface area contributed by atoms with Crippen molar-refractivity contribution in [2.75, 3.05) is 6.54 Å². The molecule has 9 nitrogen and oxygen atoms in total. The number of aromatic nitrogens is 6. The van der Waals surface area contributed by atoms with Gasteiger partial charge in [-0.1, -0.05) is 23.7 Å². The zero-order chi connectivity index (χ0) is 26.4. The standard InChI is InChI=1S/C24H21ClF3N7O2/c1-14-12-18(35-29-9-10-30-35)16(13-17(14)25)21(36)34-11-5-8-23(34,2)22-31-20(32-33-22)15-6-3-4-7-19(15)37-24(26,27)28/h3-4,6-7,9-10,12-13H,5,8,11H2,1-2H3,(H,31,32,33). The number of H-pyrrole nitrogens is 1. The number of likely N-dealkylation sites (tertiary alicyclic amines) is 1. The first-order valence-corrected chi connectivity index (χ1v) is 11.7. The number of benzene rings is 2. The fraction of sp³-hybridized carbons (Fsp3) is 0.292. The molecule has 2 aromatic carbocycles. The van der Waals surface area contributed by atoms with Crippen molar-refractivity contribution in [3.05, 3.63) is 70.8 Å². The lowest BCUT2D eigenvalue weighted by Crippen LogP contribution is -2.44. The van der Waals surface area contributed by atoms with Gasteiger partial charge in [-0.15, -0.1) is 13.2 Å². The third-order valence-electron chi connectivity index (χ3n) is 6.38. The zero-order valence-corrected chi connectivity index (χ0v) is 20.5. The molecular formula is C24H21ClF3N7O2. The molecule has 1 aliphatic rings. The minimum Gasteiger partial charge on any atom is -0.405 e. The number of para-hydroxylation sites is 1. The second-order valence-corrected chi connectivity index (χ2v) is 9.23. The highest BCUT2D eigenvalue weighted by Crippen LogP contribution is 2.40. The molecule has 0 radical (unpaired) electrons. The molecule has 1 unspecified atom stereocenters. The Kier molecular flexibility index (Phi) is 6.14. The number of carbonyl (C=O) groups is 1. The first-order chi connectivity index (χ1) is 17.6. The van der Waals surface area contributed by atoms with Crippen LogP contribution in [0.25, 0.3) is 17.1 Å². The number of aromatic amines is 1. The SMILES string of the molecule is Cc1cc(-n2nccn2)c(C(=O)N2CCCC2(C)c2nc(-c3ccccc3OC(F)(F)F)n[nH]2)cc1Cl. The molecule has 1 atom stereocenters. The molecule has 0 spiro atoms. The van der Waals surface area contributed by atoms with Crippen molar-refractivity contribution in [2.45, 2.75) is 38.6 Å². The number of amides is 1. The van der Waals surface area contributed by atoms with Crippen LogP contribution in [0.2, 0.25) is 5.02 Å². The van der Waals surface area contributed by atoms with Crippen molar-refractivity contribution >= 4 is 17.5 Å². The smallest absolute Gasteiger partial charge is 0.405 e. The van der Waals surface area contributed by atoms with E-state index in [1.807, 2.05) is 13.8 Å². The fourth-order valence-corrected chi connectivity index (χ4v) is 4.68. The number of nitrogens with zero attached hydrogens (tertiary/aromatic N) is 6. The van der Waals surface area contributed by atoms with E-state index < -0.39 is 17.7 Å². The van der Waals surface area contributed by atoms with Gasteiger partial charge in [0.15, 0.2) is 11.6 Å². The summed E-state index contributed by atoms with van der Waals surface area (Å²) in [5.41, 5.74) is 0.702. The van der Waals surface area contributed by atoms with Gasteiger partial charge in [-0.3, -0.25) is 9.89 Å². The lowest BCUT2D eigenvalue weighted by atomic mass is 9.96. The summed E-state index contributed by atoms with van der Waals surface area (Å²) in [4.78, 5) is 21.4. The molecule has 3 heterocycles. The predicted octanol–water partition coefficient (Wildman–Crippen LogP) is 5.06. The highest BCUT2D eigenvalue weighted by molar-refractivity contribution is 6.31. The number of aryl methyl sites for hydroxylation is 1. The number of alkyl halides is 3. The number of nitrogens with one attached hydrogen (secondary N) is 1. The third kappa shape index (κ3) is 4.64. The second-order valence-electron chi connectivity index (χ2n) is 8.82. The average Bonchev–Trinajstić information content (AvgIpc) is 3.61. The monoisotopic (exact) mass is 531 g/mol. The maximum Gasteiger partial charge on any atom is 0.573 e. The molecule has 0 aliphatic carbocycles. The third-order valence-corrected chi connectivity index (χ3v) is 6.78. The van der Waals surface area contributed by atoms with Gasteiger partial charge in [0.25, 0.3) is 5.91 Å². The van der Waals surface area contributed by atoms with Crippen molar-refractivity contribution in [1.82, 2.24) is 35.1 Å². The van der Waals surface area contributed by atoms with Crippen LogP contribution in [-0.4, -0.2) is 53.9 Å². The van der Waals surface area contributed by atoms with Crippen LogP contribution in [0.3, 0.4) is 0 Å². The van der Waals surface area contributed by atoms with Gasteiger partial charge in [0.2, 0.25) is 0 Å². The number of ether oxygens (including phenoxy) is 1. The topological polar surface area (TPSA) is 102 Å². The Labute approximate surface area is 214 Å². The van der Waals surface area contributed by atoms with E-state index in [2.05, 4.69) is 30.1 Å². The van der Waals surface area contributed by atoms with Crippen molar-refractivity contribution < 1.29 is 22.7 Å². The molecule has 1 aliphatic heterocycles. The molecule has 5 rings (SSSR count). The Morgan fingerprint density at radius 2 is 1.92 bits per heavy atom. The summed E-state index contributed by atoms with van der Waals surface area (Å²) < 4.78 is 42.9. The van der Waals surface area contributed by atoms with E-state index in [1.165, 1.54) is 35.4 Å². The van der Waals surface area contributed by atoms with Crippen LogP contribution >= 0.6 is 11.6 Å². The normalized spacial score (nSPS) is 17.8. The molecule has 192 valence electrons. The highest BCUT2D eigenvalue weighted by Gasteiger charge is 2.45. The number of carbonyl (C=O) groups excluding carboxylic acids is 1. The van der Waals surface area contributed by atoms with E-state index in [4.69, 9.17) is 11.6 Å². The summed E-state index contributed by atoms with van der Waals surface area (Å²) in [7, 11) is 0. The molecule has 1 amide bonds. The molecule has 1 saturated heterocycles. The maximum atomic E-state index is 13.9. The quantitative estimate of drug-likeness (QED) is 0.386. The molecular weight excluding hydrogens is 511 g/mol. The van der Waals surface area contributed by atoms with Crippen LogP contribution in [-0.2, 0) is 5.54 Å². The van der Waals surface area contributed by atoms with Crippen LogP contribution in [0.5, 0.6) is 5.75 Å². The van der Waals surface area contributed by atoms with Gasteiger partial charge in [-0.2, -0.15) is 20.1 Å². The Morgan fingerprint density at radius 3 is 2.65 bits per heavy atom. The van der Waals surface area contributed by atoms with E-state index >= 15 is 0 Å². The average molecular weight is 532 g/mol. The molecule has 0 saturated carbocycles. The van der Waals surface area contributed by atoms with Gasteiger partial charge in [0, 0.05) is 11.6 Å². The van der Waals surface area contributed by atoms with Gasteiger partial charge < -0.3 is 9.64 Å². The first-order valence-electron chi connectivity index (χ1n) is 11.3. The molecule has 1 fully saturated rings. The number of halogens is 4. The molecule has 2 aromatic heterocycles. The van der Waals surface area contributed by atoms with Gasteiger partial charge in [0.05, 0.1) is 34.7 Å². The van der Waals surface area contributed by atoms with Crippen molar-refractivity contribution in [1.29, 1.82) is 0 Å². The first kappa shape index (κ1) is 24.8. The van der Waals surface area contributed by atoms with Gasteiger partial charge >= 0.3 is 6.36 Å². The van der Waals surface area contributed by atoms with Crippen LogP contribution in [0, 0.1) is 6.92 Å². The van der Waals surface area contributed by atoms with Gasteiger partial charge in [-0.05, 0) is 56.5 Å². The molecule has 13 heteroatoms. The lowest BCUT2D eigenvalue weighted by molar-refractivity contribution is -0.274. The van der Waals surface area contributed by atoms with Crippen LogP contribution in [0.4, 0.5) is 13.2 Å². The summed E-state index contributed by atoms with van der Waals surface area (Å²) in [6, 6.07) is 8.95. The van der Waals surface area contributed by atoms with E-state index in [1.54, 1.807) is 23.1 Å². The molecule has 37 heavy (non-hydrogen) atoms.